The van der Waals surface area contributed by atoms with E-state index in [1.165, 1.54) is 12.3 Å². The molecule has 0 bridgehead atoms. The lowest BCUT2D eigenvalue weighted by Gasteiger charge is -2.36. The molecule has 106 valence electrons. The van der Waals surface area contributed by atoms with Gasteiger partial charge in [-0.25, -0.2) is 12.8 Å². The molecular weight excluding hydrogens is 265 g/mol. The number of hydrogen-bond acceptors (Lipinski definition) is 3. The van der Waals surface area contributed by atoms with Gasteiger partial charge in [-0.15, -0.1) is 0 Å². The quantitative estimate of drug-likeness (QED) is 0.814. The van der Waals surface area contributed by atoms with Crippen LogP contribution < -0.4 is 5.32 Å². The zero-order valence-corrected chi connectivity index (χ0v) is 11.9. The van der Waals surface area contributed by atoms with Gasteiger partial charge in [-0.3, -0.25) is 0 Å². The molecule has 0 radical (unpaired) electrons. The second-order valence-corrected chi connectivity index (χ2v) is 7.62. The summed E-state index contributed by atoms with van der Waals surface area (Å²) in [6.45, 7) is 0.730. The van der Waals surface area contributed by atoms with Crippen LogP contribution in [0.3, 0.4) is 0 Å². The van der Waals surface area contributed by atoms with E-state index in [0.717, 1.165) is 24.9 Å². The monoisotopic (exact) mass is 285 g/mol. The third-order valence-corrected chi connectivity index (χ3v) is 4.61. The first-order valence-corrected chi connectivity index (χ1v) is 8.67. The Morgan fingerprint density at radius 2 is 2.11 bits per heavy atom. The van der Waals surface area contributed by atoms with E-state index < -0.39 is 9.84 Å². The first-order chi connectivity index (χ1) is 8.94. The summed E-state index contributed by atoms with van der Waals surface area (Å²) in [5, 5.41) is 3.35. The zero-order chi connectivity index (χ0) is 13.9. The number of rotatable bonds is 6. The molecule has 1 saturated carbocycles. The van der Waals surface area contributed by atoms with Crippen LogP contribution in [-0.4, -0.2) is 33.0 Å². The highest BCUT2D eigenvalue weighted by atomic mass is 32.2. The van der Waals surface area contributed by atoms with E-state index >= 15 is 0 Å². The molecule has 0 amide bonds. The van der Waals surface area contributed by atoms with Crippen LogP contribution in [0.5, 0.6) is 0 Å². The van der Waals surface area contributed by atoms with Crippen LogP contribution in [0.2, 0.25) is 0 Å². The van der Waals surface area contributed by atoms with Crippen molar-refractivity contribution in [2.45, 2.75) is 31.2 Å². The number of hydrogen-bond donors (Lipinski definition) is 1. The first kappa shape index (κ1) is 14.5. The molecule has 1 N–H and O–H groups in total. The molecule has 5 heteroatoms. The van der Waals surface area contributed by atoms with Crippen molar-refractivity contribution in [3.8, 4) is 0 Å². The maximum absolute atomic E-state index is 13.1. The Morgan fingerprint density at radius 1 is 1.37 bits per heavy atom. The molecule has 0 saturated heterocycles. The minimum absolute atomic E-state index is 0.179. The third kappa shape index (κ3) is 4.58. The van der Waals surface area contributed by atoms with Gasteiger partial charge in [-0.05, 0) is 49.4 Å². The van der Waals surface area contributed by atoms with E-state index in [4.69, 9.17) is 0 Å². The Balaban J connectivity index is 1.67. The van der Waals surface area contributed by atoms with Gasteiger partial charge in [-0.1, -0.05) is 12.1 Å². The summed E-state index contributed by atoms with van der Waals surface area (Å²) in [6, 6.07) is 7.21. The number of benzene rings is 1. The van der Waals surface area contributed by atoms with E-state index in [-0.39, 0.29) is 11.6 Å². The Labute approximate surface area is 114 Å². The highest BCUT2D eigenvalue weighted by Gasteiger charge is 2.29. The van der Waals surface area contributed by atoms with Crippen LogP contribution >= 0.6 is 0 Å². The maximum Gasteiger partial charge on any atom is 0.147 e. The standard InChI is InChI=1S/C14H20FNO2S/c1-19(17,18)7-3-6-16-14-9-12(10-14)11-4-2-5-13(15)8-11/h2,4-5,8,12,14,16H,3,6-7,9-10H2,1H3. The lowest BCUT2D eigenvalue weighted by Crippen LogP contribution is -2.40. The van der Waals surface area contributed by atoms with Crippen LogP contribution in [0.25, 0.3) is 0 Å². The van der Waals surface area contributed by atoms with Crippen molar-refractivity contribution in [1.29, 1.82) is 0 Å². The van der Waals surface area contributed by atoms with E-state index in [1.807, 2.05) is 6.07 Å². The molecule has 0 aromatic heterocycles. The van der Waals surface area contributed by atoms with Crippen LogP contribution in [0.15, 0.2) is 24.3 Å². The zero-order valence-electron chi connectivity index (χ0n) is 11.1. The topological polar surface area (TPSA) is 46.2 Å². The Morgan fingerprint density at radius 3 is 2.74 bits per heavy atom. The predicted molar refractivity (Wildman–Crippen MR) is 74.5 cm³/mol. The molecule has 0 heterocycles. The molecule has 3 nitrogen and oxygen atoms in total. The summed E-state index contributed by atoms with van der Waals surface area (Å²) < 4.78 is 35.0. The molecule has 0 aliphatic heterocycles. The summed E-state index contributed by atoms with van der Waals surface area (Å²) in [4.78, 5) is 0. The van der Waals surface area contributed by atoms with E-state index in [9.17, 15) is 12.8 Å². The summed E-state index contributed by atoms with van der Waals surface area (Å²) in [7, 11) is -2.85. The van der Waals surface area contributed by atoms with Crippen LogP contribution in [-0.2, 0) is 9.84 Å². The lowest BCUT2D eigenvalue weighted by molar-refractivity contribution is 0.291. The molecule has 0 unspecified atom stereocenters. The molecule has 1 fully saturated rings. The highest BCUT2D eigenvalue weighted by molar-refractivity contribution is 7.90. The molecule has 2 rings (SSSR count). The van der Waals surface area contributed by atoms with Crippen molar-refractivity contribution in [3.05, 3.63) is 35.6 Å². The normalized spacial score (nSPS) is 23.1. The van der Waals surface area contributed by atoms with Crippen molar-refractivity contribution in [3.63, 3.8) is 0 Å². The minimum atomic E-state index is -2.85. The Kier molecular flexibility index (Phi) is 4.58. The fourth-order valence-corrected chi connectivity index (χ4v) is 3.13. The van der Waals surface area contributed by atoms with Crippen molar-refractivity contribution in [2.75, 3.05) is 18.6 Å². The van der Waals surface area contributed by atoms with Gasteiger partial charge >= 0.3 is 0 Å². The lowest BCUT2D eigenvalue weighted by atomic mass is 9.76. The van der Waals surface area contributed by atoms with Crippen molar-refractivity contribution in [1.82, 2.24) is 5.32 Å². The first-order valence-electron chi connectivity index (χ1n) is 6.60. The summed E-state index contributed by atoms with van der Waals surface area (Å²) in [5.41, 5.74) is 1.06. The third-order valence-electron chi connectivity index (χ3n) is 3.58. The number of sulfone groups is 1. The highest BCUT2D eigenvalue weighted by Crippen LogP contribution is 2.36. The molecule has 1 aliphatic rings. The average molecular weight is 285 g/mol. The van der Waals surface area contributed by atoms with Gasteiger partial charge in [-0.2, -0.15) is 0 Å². The van der Waals surface area contributed by atoms with Gasteiger partial charge in [0, 0.05) is 12.3 Å². The van der Waals surface area contributed by atoms with Crippen LogP contribution in [0.1, 0.15) is 30.7 Å². The predicted octanol–water partition coefficient (Wildman–Crippen LogP) is 2.10. The molecule has 1 aromatic carbocycles. The molecule has 1 aliphatic carbocycles. The number of halogens is 1. The summed E-state index contributed by atoms with van der Waals surface area (Å²) in [5.74, 6) is 0.491. The van der Waals surface area contributed by atoms with Gasteiger partial charge in [0.05, 0.1) is 5.75 Å². The largest absolute Gasteiger partial charge is 0.314 e. The molecule has 0 atom stereocenters. The smallest absolute Gasteiger partial charge is 0.147 e. The molecule has 1 aromatic rings. The van der Waals surface area contributed by atoms with Crippen molar-refractivity contribution in [2.24, 2.45) is 0 Å². The van der Waals surface area contributed by atoms with E-state index in [1.54, 1.807) is 12.1 Å². The minimum Gasteiger partial charge on any atom is -0.314 e. The van der Waals surface area contributed by atoms with Gasteiger partial charge in [0.2, 0.25) is 0 Å². The average Bonchev–Trinajstić information content (AvgIpc) is 2.24. The Hall–Kier alpha value is -0.940. The Bertz CT molecular complexity index is 524. The fourth-order valence-electron chi connectivity index (χ4n) is 2.46. The van der Waals surface area contributed by atoms with Crippen molar-refractivity contribution >= 4 is 9.84 Å². The van der Waals surface area contributed by atoms with Gasteiger partial charge in [0.15, 0.2) is 0 Å². The van der Waals surface area contributed by atoms with E-state index in [0.29, 0.717) is 18.4 Å². The molecule has 19 heavy (non-hydrogen) atoms. The van der Waals surface area contributed by atoms with Crippen LogP contribution in [0.4, 0.5) is 4.39 Å². The maximum atomic E-state index is 13.1. The summed E-state index contributed by atoms with van der Waals surface area (Å²) in [6.07, 6.45) is 3.92. The second kappa shape index (κ2) is 6.01. The molecular formula is C14H20FNO2S. The van der Waals surface area contributed by atoms with Gasteiger partial charge < -0.3 is 5.32 Å². The molecule has 0 spiro atoms. The SMILES string of the molecule is CS(=O)(=O)CCCNC1CC(c2cccc(F)c2)C1. The van der Waals surface area contributed by atoms with Crippen LogP contribution in [0, 0.1) is 5.82 Å². The van der Waals surface area contributed by atoms with Gasteiger partial charge in [0.25, 0.3) is 0 Å². The van der Waals surface area contributed by atoms with Gasteiger partial charge in [0.1, 0.15) is 15.7 Å². The fraction of sp³-hybridized carbons (Fsp3) is 0.571. The number of nitrogens with one attached hydrogen (secondary N) is 1. The second-order valence-electron chi connectivity index (χ2n) is 5.36. The van der Waals surface area contributed by atoms with Crippen molar-refractivity contribution < 1.29 is 12.8 Å². The summed E-state index contributed by atoms with van der Waals surface area (Å²) >= 11 is 0. The van der Waals surface area contributed by atoms with E-state index in [2.05, 4.69) is 5.32 Å².